The predicted molar refractivity (Wildman–Crippen MR) is 56.9 cm³/mol. The molecular formula is C9H19NO2S. The number of carboxylic acid groups (broad SMARTS) is 1. The van der Waals surface area contributed by atoms with Gasteiger partial charge in [-0.15, -0.1) is 0 Å². The summed E-state index contributed by atoms with van der Waals surface area (Å²) in [6.07, 6.45) is 2.48. The zero-order valence-corrected chi connectivity index (χ0v) is 9.36. The SMILES string of the molecule is CCC(C)CCC(C)SNC(=O)O. The minimum atomic E-state index is -0.958. The standard InChI is InChI=1S/C9H19NO2S/c1-4-7(2)5-6-8(3)13-10-9(11)12/h7-8,10H,4-6H2,1-3H3,(H,11,12). The highest BCUT2D eigenvalue weighted by molar-refractivity contribution is 7.98. The van der Waals surface area contributed by atoms with Crippen LogP contribution in [0.15, 0.2) is 0 Å². The lowest BCUT2D eigenvalue weighted by atomic mass is 10.0. The Kier molecular flexibility index (Phi) is 6.86. The van der Waals surface area contributed by atoms with Crippen molar-refractivity contribution in [1.29, 1.82) is 0 Å². The van der Waals surface area contributed by atoms with E-state index in [2.05, 4.69) is 18.6 Å². The summed E-state index contributed by atoms with van der Waals surface area (Å²) in [4.78, 5) is 10.2. The highest BCUT2D eigenvalue weighted by Crippen LogP contribution is 2.17. The molecule has 0 spiro atoms. The Balaban J connectivity index is 3.39. The minimum Gasteiger partial charge on any atom is -0.464 e. The summed E-state index contributed by atoms with van der Waals surface area (Å²) in [6, 6.07) is 0. The molecule has 0 aliphatic carbocycles. The number of hydrogen-bond acceptors (Lipinski definition) is 2. The van der Waals surface area contributed by atoms with Crippen molar-refractivity contribution >= 4 is 18.0 Å². The molecule has 0 fully saturated rings. The largest absolute Gasteiger partial charge is 0.464 e. The van der Waals surface area contributed by atoms with E-state index in [0.717, 1.165) is 12.3 Å². The van der Waals surface area contributed by atoms with Crippen molar-refractivity contribution in [2.75, 3.05) is 0 Å². The van der Waals surface area contributed by atoms with E-state index in [1.165, 1.54) is 24.8 Å². The second-order valence-electron chi connectivity index (χ2n) is 3.43. The van der Waals surface area contributed by atoms with Gasteiger partial charge >= 0.3 is 6.09 Å². The van der Waals surface area contributed by atoms with Gasteiger partial charge < -0.3 is 5.11 Å². The second-order valence-corrected chi connectivity index (χ2v) is 4.67. The molecule has 0 aromatic rings. The van der Waals surface area contributed by atoms with E-state index in [1.807, 2.05) is 6.92 Å². The quantitative estimate of drug-likeness (QED) is 0.655. The van der Waals surface area contributed by atoms with Crippen LogP contribution in [0.5, 0.6) is 0 Å². The first kappa shape index (κ1) is 12.6. The van der Waals surface area contributed by atoms with Crippen LogP contribution in [-0.4, -0.2) is 16.4 Å². The normalized spacial score (nSPS) is 15.0. The fourth-order valence-electron chi connectivity index (χ4n) is 0.933. The van der Waals surface area contributed by atoms with Gasteiger partial charge in [-0.1, -0.05) is 27.2 Å². The summed E-state index contributed by atoms with van der Waals surface area (Å²) < 4.78 is 2.32. The molecule has 0 bridgehead atoms. The van der Waals surface area contributed by atoms with Crippen LogP contribution in [0.4, 0.5) is 4.79 Å². The van der Waals surface area contributed by atoms with E-state index in [0.29, 0.717) is 5.25 Å². The topological polar surface area (TPSA) is 49.3 Å². The summed E-state index contributed by atoms with van der Waals surface area (Å²) in [7, 11) is 0. The Bertz CT molecular complexity index is 153. The lowest BCUT2D eigenvalue weighted by Crippen LogP contribution is -2.16. The third-order valence-electron chi connectivity index (χ3n) is 2.11. The van der Waals surface area contributed by atoms with Gasteiger partial charge in [0.25, 0.3) is 0 Å². The summed E-state index contributed by atoms with van der Waals surface area (Å²) >= 11 is 1.29. The van der Waals surface area contributed by atoms with Crippen LogP contribution in [-0.2, 0) is 0 Å². The number of rotatable bonds is 6. The minimum absolute atomic E-state index is 0.366. The Morgan fingerprint density at radius 3 is 2.54 bits per heavy atom. The van der Waals surface area contributed by atoms with Crippen molar-refractivity contribution in [2.45, 2.75) is 45.3 Å². The first-order valence-corrected chi connectivity index (χ1v) is 5.58. The Labute approximate surface area is 84.4 Å². The van der Waals surface area contributed by atoms with E-state index in [9.17, 15) is 4.79 Å². The van der Waals surface area contributed by atoms with Crippen LogP contribution in [0.3, 0.4) is 0 Å². The van der Waals surface area contributed by atoms with Gasteiger partial charge in [0.2, 0.25) is 0 Å². The van der Waals surface area contributed by atoms with Gasteiger partial charge in [0.15, 0.2) is 0 Å². The van der Waals surface area contributed by atoms with E-state index in [1.54, 1.807) is 0 Å². The lowest BCUT2D eigenvalue weighted by Gasteiger charge is -2.12. The molecule has 0 aliphatic rings. The van der Waals surface area contributed by atoms with Gasteiger partial charge in [-0.3, -0.25) is 4.72 Å². The van der Waals surface area contributed by atoms with Crippen LogP contribution in [0.25, 0.3) is 0 Å². The van der Waals surface area contributed by atoms with E-state index < -0.39 is 6.09 Å². The van der Waals surface area contributed by atoms with Crippen molar-refractivity contribution in [3.63, 3.8) is 0 Å². The fraction of sp³-hybridized carbons (Fsp3) is 0.889. The first-order valence-electron chi connectivity index (χ1n) is 4.70. The second kappa shape index (κ2) is 7.06. The average Bonchev–Trinajstić information content (AvgIpc) is 2.10. The monoisotopic (exact) mass is 205 g/mol. The van der Waals surface area contributed by atoms with Crippen molar-refractivity contribution < 1.29 is 9.90 Å². The molecule has 78 valence electrons. The van der Waals surface area contributed by atoms with Gasteiger partial charge in [-0.25, -0.2) is 4.79 Å². The van der Waals surface area contributed by atoms with Gasteiger partial charge in [-0.05, 0) is 30.7 Å². The van der Waals surface area contributed by atoms with Crippen molar-refractivity contribution in [1.82, 2.24) is 4.72 Å². The van der Waals surface area contributed by atoms with Crippen molar-refractivity contribution in [2.24, 2.45) is 5.92 Å². The lowest BCUT2D eigenvalue weighted by molar-refractivity contribution is 0.202. The van der Waals surface area contributed by atoms with Gasteiger partial charge in [0.1, 0.15) is 0 Å². The first-order chi connectivity index (χ1) is 6.06. The third kappa shape index (κ3) is 7.96. The summed E-state index contributed by atoms with van der Waals surface area (Å²) in [5.74, 6) is 0.743. The van der Waals surface area contributed by atoms with E-state index in [4.69, 9.17) is 5.11 Å². The van der Waals surface area contributed by atoms with E-state index >= 15 is 0 Å². The average molecular weight is 205 g/mol. The van der Waals surface area contributed by atoms with Crippen LogP contribution in [0.2, 0.25) is 0 Å². The fourth-order valence-corrected chi connectivity index (χ4v) is 1.49. The molecule has 0 radical (unpaired) electrons. The number of carbonyl (C=O) groups is 1. The highest BCUT2D eigenvalue weighted by Gasteiger charge is 2.07. The molecule has 0 saturated heterocycles. The Hall–Kier alpha value is -0.380. The van der Waals surface area contributed by atoms with Gasteiger partial charge in [0, 0.05) is 5.25 Å². The summed E-state index contributed by atoms with van der Waals surface area (Å²) in [5, 5.41) is 8.72. The maximum absolute atomic E-state index is 10.2. The van der Waals surface area contributed by atoms with Gasteiger partial charge in [-0.2, -0.15) is 0 Å². The molecule has 0 aromatic carbocycles. The van der Waals surface area contributed by atoms with Crippen molar-refractivity contribution in [3.8, 4) is 0 Å². The van der Waals surface area contributed by atoms with Crippen LogP contribution in [0, 0.1) is 5.92 Å². The number of hydrogen-bond donors (Lipinski definition) is 2. The molecule has 3 nitrogen and oxygen atoms in total. The summed E-state index contributed by atoms with van der Waals surface area (Å²) in [6.45, 7) is 6.45. The van der Waals surface area contributed by atoms with E-state index in [-0.39, 0.29) is 0 Å². The number of amides is 1. The molecule has 0 heterocycles. The van der Waals surface area contributed by atoms with Crippen LogP contribution < -0.4 is 4.72 Å². The molecule has 2 unspecified atom stereocenters. The molecule has 0 aliphatic heterocycles. The molecule has 0 saturated carbocycles. The highest BCUT2D eigenvalue weighted by atomic mass is 32.2. The maximum Gasteiger partial charge on any atom is 0.414 e. The van der Waals surface area contributed by atoms with Crippen LogP contribution in [0.1, 0.15) is 40.0 Å². The predicted octanol–water partition coefficient (Wildman–Crippen LogP) is 3.12. The molecule has 4 heteroatoms. The molecule has 0 rings (SSSR count). The zero-order chi connectivity index (χ0) is 10.3. The van der Waals surface area contributed by atoms with Crippen molar-refractivity contribution in [3.05, 3.63) is 0 Å². The molecule has 13 heavy (non-hydrogen) atoms. The zero-order valence-electron chi connectivity index (χ0n) is 8.54. The smallest absolute Gasteiger partial charge is 0.414 e. The number of nitrogens with one attached hydrogen (secondary N) is 1. The molecule has 2 atom stereocenters. The van der Waals surface area contributed by atoms with Crippen LogP contribution >= 0.6 is 11.9 Å². The Morgan fingerprint density at radius 2 is 2.08 bits per heavy atom. The Morgan fingerprint density at radius 1 is 1.46 bits per heavy atom. The molecular weight excluding hydrogens is 186 g/mol. The molecule has 2 N–H and O–H groups in total. The van der Waals surface area contributed by atoms with Gasteiger partial charge in [0.05, 0.1) is 0 Å². The maximum atomic E-state index is 10.2. The third-order valence-corrected chi connectivity index (χ3v) is 3.04. The molecule has 1 amide bonds. The summed E-state index contributed by atoms with van der Waals surface area (Å²) in [5.41, 5.74) is 0. The molecule has 0 aromatic heterocycles.